The summed E-state index contributed by atoms with van der Waals surface area (Å²) < 4.78 is 7.41. The van der Waals surface area contributed by atoms with E-state index in [1.54, 1.807) is 29.6 Å². The van der Waals surface area contributed by atoms with Crippen molar-refractivity contribution in [1.82, 2.24) is 29.4 Å². The van der Waals surface area contributed by atoms with Crippen molar-refractivity contribution in [3.8, 4) is 11.3 Å². The summed E-state index contributed by atoms with van der Waals surface area (Å²) in [5.74, 6) is 2.00. The summed E-state index contributed by atoms with van der Waals surface area (Å²) in [6, 6.07) is 3.54. The van der Waals surface area contributed by atoms with E-state index in [9.17, 15) is 4.79 Å². The lowest BCUT2D eigenvalue weighted by Crippen LogP contribution is -2.40. The molecule has 0 saturated heterocycles. The molecule has 28 heavy (non-hydrogen) atoms. The maximum atomic E-state index is 12.7. The molecule has 0 aromatic carbocycles. The Kier molecular flexibility index (Phi) is 3.78. The first-order chi connectivity index (χ1) is 13.7. The molecule has 0 fully saturated rings. The molecule has 0 saturated carbocycles. The van der Waals surface area contributed by atoms with E-state index in [0.29, 0.717) is 24.7 Å². The number of hydrogen-bond donors (Lipinski definition) is 1. The second-order valence-electron chi connectivity index (χ2n) is 6.70. The van der Waals surface area contributed by atoms with E-state index in [2.05, 4.69) is 29.8 Å². The van der Waals surface area contributed by atoms with Crippen LogP contribution in [-0.2, 0) is 13.1 Å². The molecule has 9 nitrogen and oxygen atoms in total. The van der Waals surface area contributed by atoms with E-state index < -0.39 is 0 Å². The maximum absolute atomic E-state index is 12.7. The first-order valence-electron chi connectivity index (χ1n) is 8.89. The number of anilines is 1. The fourth-order valence-electron chi connectivity index (χ4n) is 3.35. The van der Waals surface area contributed by atoms with Gasteiger partial charge in [-0.1, -0.05) is 0 Å². The number of pyridine rings is 2. The molecule has 1 N–H and O–H groups in total. The smallest absolute Gasteiger partial charge is 0.323 e. The predicted octanol–water partition coefficient (Wildman–Crippen LogP) is 2.84. The number of rotatable bonds is 2. The van der Waals surface area contributed by atoms with Gasteiger partial charge in [-0.25, -0.2) is 19.7 Å². The van der Waals surface area contributed by atoms with Gasteiger partial charge in [0.05, 0.1) is 30.1 Å². The van der Waals surface area contributed by atoms with Gasteiger partial charge in [-0.2, -0.15) is 0 Å². The van der Waals surface area contributed by atoms with Crippen molar-refractivity contribution in [3.63, 3.8) is 0 Å². The molecule has 2 amide bonds. The highest BCUT2D eigenvalue weighted by molar-refractivity contribution is 5.91. The van der Waals surface area contributed by atoms with Crippen LogP contribution in [0.15, 0.2) is 47.7 Å². The zero-order valence-corrected chi connectivity index (χ0v) is 15.2. The molecule has 0 aliphatic carbocycles. The lowest BCUT2D eigenvalue weighted by atomic mass is 10.1. The molecule has 4 aromatic rings. The number of carbonyl (C=O) groups is 1. The van der Waals surface area contributed by atoms with Crippen LogP contribution in [0.2, 0.25) is 0 Å². The van der Waals surface area contributed by atoms with E-state index >= 15 is 0 Å². The molecule has 0 unspecified atom stereocenters. The Morgan fingerprint density at radius 3 is 2.96 bits per heavy atom. The zero-order valence-electron chi connectivity index (χ0n) is 15.2. The predicted molar refractivity (Wildman–Crippen MR) is 101 cm³/mol. The number of urea groups is 1. The lowest BCUT2D eigenvalue weighted by Gasteiger charge is -2.27. The molecule has 0 radical (unpaired) electrons. The highest BCUT2D eigenvalue weighted by atomic mass is 16.3. The lowest BCUT2D eigenvalue weighted by molar-refractivity contribution is 0.195. The van der Waals surface area contributed by atoms with Crippen LogP contribution in [0.25, 0.3) is 22.2 Å². The largest absolute Gasteiger partial charge is 0.443 e. The number of imidazole rings is 1. The van der Waals surface area contributed by atoms with E-state index in [0.717, 1.165) is 34.5 Å². The summed E-state index contributed by atoms with van der Waals surface area (Å²) in [6.45, 7) is 3.79. The van der Waals surface area contributed by atoms with Crippen molar-refractivity contribution in [3.05, 3.63) is 54.8 Å². The van der Waals surface area contributed by atoms with Gasteiger partial charge in [-0.3, -0.25) is 10.3 Å². The van der Waals surface area contributed by atoms with Gasteiger partial charge in [-0.15, -0.1) is 0 Å². The minimum absolute atomic E-state index is 0.196. The number of hydrogen-bond acceptors (Lipinski definition) is 6. The average molecular weight is 375 g/mol. The second-order valence-corrected chi connectivity index (χ2v) is 6.70. The number of fused-ring (bicyclic) bond motifs is 2. The first-order valence-corrected chi connectivity index (χ1v) is 8.89. The molecule has 9 heteroatoms. The van der Waals surface area contributed by atoms with Gasteiger partial charge < -0.3 is 13.9 Å². The summed E-state index contributed by atoms with van der Waals surface area (Å²) in [7, 11) is 0. The third-order valence-electron chi connectivity index (χ3n) is 4.73. The summed E-state index contributed by atoms with van der Waals surface area (Å²) in [5, 5.41) is 3.72. The maximum Gasteiger partial charge on any atom is 0.323 e. The Morgan fingerprint density at radius 1 is 1.18 bits per heavy atom. The molecule has 140 valence electrons. The van der Waals surface area contributed by atoms with Crippen molar-refractivity contribution in [2.24, 2.45) is 0 Å². The molecule has 5 heterocycles. The molecule has 0 atom stereocenters. The van der Waals surface area contributed by atoms with Gasteiger partial charge in [-0.05, 0) is 19.1 Å². The number of aryl methyl sites for hydroxylation is 1. The quantitative estimate of drug-likeness (QED) is 0.578. The van der Waals surface area contributed by atoms with Gasteiger partial charge in [0.2, 0.25) is 0 Å². The van der Waals surface area contributed by atoms with Gasteiger partial charge in [0.25, 0.3) is 0 Å². The van der Waals surface area contributed by atoms with Gasteiger partial charge in [0, 0.05) is 36.4 Å². The third-order valence-corrected chi connectivity index (χ3v) is 4.73. The van der Waals surface area contributed by atoms with E-state index in [4.69, 9.17) is 4.42 Å². The molecule has 1 aliphatic heterocycles. The molecule has 1 aliphatic rings. The topological polar surface area (TPSA) is 102 Å². The molecular weight excluding hydrogens is 358 g/mol. The van der Waals surface area contributed by atoms with Crippen LogP contribution in [0.3, 0.4) is 0 Å². The van der Waals surface area contributed by atoms with Crippen molar-refractivity contribution >= 4 is 22.8 Å². The Hall–Kier alpha value is -3.75. The molecule has 0 bridgehead atoms. The van der Waals surface area contributed by atoms with Gasteiger partial charge in [0.1, 0.15) is 11.6 Å². The number of nitrogens with one attached hydrogen (secondary N) is 1. The summed E-state index contributed by atoms with van der Waals surface area (Å²) in [4.78, 5) is 31.5. The van der Waals surface area contributed by atoms with Crippen LogP contribution in [0, 0.1) is 6.92 Å². The van der Waals surface area contributed by atoms with Crippen LogP contribution in [-0.4, -0.2) is 42.0 Å². The molecular formula is C19H17N7O2. The van der Waals surface area contributed by atoms with Gasteiger partial charge >= 0.3 is 6.03 Å². The van der Waals surface area contributed by atoms with Crippen LogP contribution in [0.4, 0.5) is 10.6 Å². The number of nitrogens with zero attached hydrogens (tertiary/aromatic N) is 6. The minimum Gasteiger partial charge on any atom is -0.443 e. The van der Waals surface area contributed by atoms with Crippen molar-refractivity contribution < 1.29 is 9.21 Å². The number of oxazole rings is 1. The van der Waals surface area contributed by atoms with Crippen LogP contribution in [0.5, 0.6) is 0 Å². The van der Waals surface area contributed by atoms with E-state index in [1.165, 1.54) is 6.39 Å². The van der Waals surface area contributed by atoms with Gasteiger partial charge in [0.15, 0.2) is 12.2 Å². The van der Waals surface area contributed by atoms with Crippen molar-refractivity contribution in [2.45, 2.75) is 20.0 Å². The summed E-state index contributed by atoms with van der Waals surface area (Å²) in [6.07, 6.45) is 8.37. The molecule has 0 spiro atoms. The zero-order chi connectivity index (χ0) is 19.1. The number of aromatic nitrogens is 5. The standard InChI is InChI=1S/C19H17N7O2/c1-12-9-25-2-3-26(10-18(25)23-12)19(27)24-17-5-13-4-14(16-8-20-11-28-16)6-21-15(13)7-22-17/h4-9,11H,2-3,10H2,1H3,(H,22,24,27). The summed E-state index contributed by atoms with van der Waals surface area (Å²) in [5.41, 5.74) is 2.51. The fraction of sp³-hybridized carbons (Fsp3) is 0.211. The van der Waals surface area contributed by atoms with Crippen molar-refractivity contribution in [2.75, 3.05) is 11.9 Å². The minimum atomic E-state index is -0.196. The molecule has 4 aromatic heterocycles. The first kappa shape index (κ1) is 16.4. The molecule has 5 rings (SSSR count). The Labute approximate surface area is 160 Å². The Bertz CT molecular complexity index is 1170. The number of carbonyl (C=O) groups excluding carboxylic acids is 1. The van der Waals surface area contributed by atoms with Crippen LogP contribution < -0.4 is 5.32 Å². The van der Waals surface area contributed by atoms with E-state index in [1.807, 2.05) is 19.2 Å². The van der Waals surface area contributed by atoms with Crippen LogP contribution >= 0.6 is 0 Å². The SMILES string of the molecule is Cc1cn2c(n1)CN(C(=O)Nc1cc3cc(-c4cnco4)cnc3cn1)CC2. The number of amides is 2. The highest BCUT2D eigenvalue weighted by Gasteiger charge is 2.22. The van der Waals surface area contributed by atoms with Crippen LogP contribution in [0.1, 0.15) is 11.5 Å². The third kappa shape index (κ3) is 2.96. The Morgan fingerprint density at radius 2 is 2.11 bits per heavy atom. The van der Waals surface area contributed by atoms with E-state index in [-0.39, 0.29) is 6.03 Å². The fourth-order valence-corrected chi connectivity index (χ4v) is 3.35. The second kappa shape index (κ2) is 6.45. The van der Waals surface area contributed by atoms with Crippen molar-refractivity contribution in [1.29, 1.82) is 0 Å². The normalized spacial score (nSPS) is 13.5. The summed E-state index contributed by atoms with van der Waals surface area (Å²) >= 11 is 0. The Balaban J connectivity index is 1.36. The highest BCUT2D eigenvalue weighted by Crippen LogP contribution is 2.23. The monoisotopic (exact) mass is 375 g/mol. The average Bonchev–Trinajstić information content (AvgIpc) is 3.35.